The summed E-state index contributed by atoms with van der Waals surface area (Å²) < 4.78 is 0. The lowest BCUT2D eigenvalue weighted by Crippen LogP contribution is -2.41. The molecule has 0 aromatic rings. The van der Waals surface area contributed by atoms with Gasteiger partial charge >= 0.3 is 5.97 Å². The monoisotopic (exact) mass is 197 g/mol. The number of nitrogens with zero attached hydrogens (tertiary/aromatic N) is 1. The van der Waals surface area contributed by atoms with Crippen LogP contribution in [0.4, 0.5) is 0 Å². The molecule has 1 heterocycles. The van der Waals surface area contributed by atoms with Gasteiger partial charge in [-0.3, -0.25) is 9.69 Å². The molecule has 1 aliphatic carbocycles. The van der Waals surface area contributed by atoms with Crippen LogP contribution in [0, 0.1) is 17.8 Å². The van der Waals surface area contributed by atoms with Crippen LogP contribution in [0.1, 0.15) is 27.2 Å². The fraction of sp³-hybridized carbons (Fsp3) is 0.909. The largest absolute Gasteiger partial charge is 0.481 e. The van der Waals surface area contributed by atoms with E-state index in [2.05, 4.69) is 25.7 Å². The number of carboxylic acid groups (broad SMARTS) is 1. The van der Waals surface area contributed by atoms with Crippen molar-refractivity contribution in [1.82, 2.24) is 4.90 Å². The van der Waals surface area contributed by atoms with E-state index < -0.39 is 5.97 Å². The maximum atomic E-state index is 10.5. The zero-order chi connectivity index (χ0) is 10.5. The second kappa shape index (κ2) is 2.96. The van der Waals surface area contributed by atoms with E-state index >= 15 is 0 Å². The SMILES string of the molecule is CC(C)(C)N1CC2C(CC(=O)O)C2C1. The van der Waals surface area contributed by atoms with E-state index in [-0.39, 0.29) is 5.54 Å². The summed E-state index contributed by atoms with van der Waals surface area (Å²) in [7, 11) is 0. The van der Waals surface area contributed by atoms with Crippen molar-refractivity contribution < 1.29 is 9.90 Å². The zero-order valence-corrected chi connectivity index (χ0v) is 9.16. The van der Waals surface area contributed by atoms with Crippen molar-refractivity contribution in [2.24, 2.45) is 17.8 Å². The second-order valence-corrected chi connectivity index (χ2v) is 5.67. The predicted octanol–water partition coefficient (Wildman–Crippen LogP) is 1.44. The van der Waals surface area contributed by atoms with E-state index in [1.165, 1.54) is 0 Å². The Morgan fingerprint density at radius 1 is 1.36 bits per heavy atom. The average Bonchev–Trinajstić information content (AvgIpc) is 2.50. The van der Waals surface area contributed by atoms with Gasteiger partial charge in [-0.25, -0.2) is 0 Å². The maximum Gasteiger partial charge on any atom is 0.303 e. The van der Waals surface area contributed by atoms with E-state index in [1.807, 2.05) is 0 Å². The van der Waals surface area contributed by atoms with Crippen molar-refractivity contribution in [3.8, 4) is 0 Å². The third kappa shape index (κ3) is 1.65. The smallest absolute Gasteiger partial charge is 0.303 e. The summed E-state index contributed by atoms with van der Waals surface area (Å²) in [6.45, 7) is 8.89. The molecule has 1 N–H and O–H groups in total. The van der Waals surface area contributed by atoms with Crippen LogP contribution in [0.3, 0.4) is 0 Å². The lowest BCUT2D eigenvalue weighted by molar-refractivity contribution is -0.137. The van der Waals surface area contributed by atoms with Crippen LogP contribution in [0.5, 0.6) is 0 Å². The van der Waals surface area contributed by atoms with Crippen LogP contribution in [0.25, 0.3) is 0 Å². The van der Waals surface area contributed by atoms with Crippen molar-refractivity contribution in [3.63, 3.8) is 0 Å². The Morgan fingerprint density at radius 2 is 1.86 bits per heavy atom. The molecule has 3 nitrogen and oxygen atoms in total. The first-order chi connectivity index (χ1) is 6.39. The summed E-state index contributed by atoms with van der Waals surface area (Å²) in [6.07, 6.45) is 0.382. The Kier molecular flexibility index (Phi) is 2.11. The third-order valence-electron chi connectivity index (χ3n) is 3.73. The van der Waals surface area contributed by atoms with Crippen LogP contribution in [-0.4, -0.2) is 34.6 Å². The summed E-state index contributed by atoms with van der Waals surface area (Å²) in [5.74, 6) is 1.19. The van der Waals surface area contributed by atoms with Crippen LogP contribution in [-0.2, 0) is 4.79 Å². The standard InChI is InChI=1S/C11H19NO2/c1-11(2,3)12-5-8-7(4-10(13)14)9(8)6-12/h7-9H,4-6H2,1-3H3,(H,13,14). The molecular formula is C11H19NO2. The highest BCUT2D eigenvalue weighted by Crippen LogP contribution is 2.54. The molecule has 0 radical (unpaired) electrons. The molecule has 14 heavy (non-hydrogen) atoms. The van der Waals surface area contributed by atoms with Gasteiger partial charge in [-0.2, -0.15) is 0 Å². The Labute approximate surface area is 85.1 Å². The number of rotatable bonds is 2. The number of fused-ring (bicyclic) bond motifs is 1. The lowest BCUT2D eigenvalue weighted by atomic mass is 10.1. The van der Waals surface area contributed by atoms with E-state index in [4.69, 9.17) is 5.11 Å². The van der Waals surface area contributed by atoms with Gasteiger partial charge in [-0.05, 0) is 38.5 Å². The number of hydrogen-bond acceptors (Lipinski definition) is 2. The van der Waals surface area contributed by atoms with E-state index in [1.54, 1.807) is 0 Å². The lowest BCUT2D eigenvalue weighted by Gasteiger charge is -2.33. The summed E-state index contributed by atoms with van der Waals surface area (Å²) in [6, 6.07) is 0. The van der Waals surface area contributed by atoms with E-state index in [0.29, 0.717) is 24.2 Å². The molecule has 0 aromatic heterocycles. The molecule has 2 aliphatic rings. The van der Waals surface area contributed by atoms with Gasteiger partial charge in [-0.15, -0.1) is 0 Å². The molecule has 2 unspecified atom stereocenters. The molecule has 2 fully saturated rings. The topological polar surface area (TPSA) is 40.5 Å². The molecule has 3 heteroatoms. The Morgan fingerprint density at radius 3 is 2.21 bits per heavy atom. The fourth-order valence-electron chi connectivity index (χ4n) is 2.70. The third-order valence-corrected chi connectivity index (χ3v) is 3.73. The van der Waals surface area contributed by atoms with E-state index in [9.17, 15) is 4.79 Å². The predicted molar refractivity (Wildman–Crippen MR) is 54.0 cm³/mol. The van der Waals surface area contributed by atoms with Gasteiger partial charge in [-0.1, -0.05) is 0 Å². The van der Waals surface area contributed by atoms with Gasteiger partial charge in [0.15, 0.2) is 0 Å². The van der Waals surface area contributed by atoms with Crippen LogP contribution in [0.2, 0.25) is 0 Å². The van der Waals surface area contributed by atoms with Crippen molar-refractivity contribution in [2.45, 2.75) is 32.7 Å². The average molecular weight is 197 g/mol. The molecule has 0 aromatic carbocycles. The Balaban J connectivity index is 1.85. The molecule has 1 aliphatic heterocycles. The molecular weight excluding hydrogens is 178 g/mol. The van der Waals surface area contributed by atoms with Crippen LogP contribution in [0.15, 0.2) is 0 Å². The van der Waals surface area contributed by atoms with Gasteiger partial charge in [0.1, 0.15) is 0 Å². The summed E-state index contributed by atoms with van der Waals surface area (Å²) in [5, 5.41) is 8.69. The van der Waals surface area contributed by atoms with Gasteiger partial charge < -0.3 is 5.11 Å². The van der Waals surface area contributed by atoms with Crippen molar-refractivity contribution in [2.75, 3.05) is 13.1 Å². The first kappa shape index (κ1) is 9.97. The summed E-state index contributed by atoms with van der Waals surface area (Å²) in [5.41, 5.74) is 0.251. The molecule has 0 bridgehead atoms. The highest BCUT2D eigenvalue weighted by atomic mass is 16.4. The Bertz CT molecular complexity index is 245. The molecule has 1 saturated carbocycles. The molecule has 1 saturated heterocycles. The van der Waals surface area contributed by atoms with Crippen molar-refractivity contribution >= 4 is 5.97 Å². The zero-order valence-electron chi connectivity index (χ0n) is 9.16. The minimum absolute atomic E-state index is 0.251. The number of aliphatic carboxylic acids is 1. The number of hydrogen-bond donors (Lipinski definition) is 1. The minimum Gasteiger partial charge on any atom is -0.481 e. The second-order valence-electron chi connectivity index (χ2n) is 5.67. The minimum atomic E-state index is -0.633. The van der Waals surface area contributed by atoms with Gasteiger partial charge in [0.2, 0.25) is 0 Å². The fourth-order valence-corrected chi connectivity index (χ4v) is 2.70. The highest BCUT2D eigenvalue weighted by Gasteiger charge is 2.57. The molecule has 0 spiro atoms. The van der Waals surface area contributed by atoms with Crippen molar-refractivity contribution in [1.29, 1.82) is 0 Å². The first-order valence-corrected chi connectivity index (χ1v) is 5.36. The molecule has 80 valence electrons. The van der Waals surface area contributed by atoms with Gasteiger partial charge in [0.25, 0.3) is 0 Å². The normalized spacial score (nSPS) is 36.9. The summed E-state index contributed by atoms with van der Waals surface area (Å²) in [4.78, 5) is 13.0. The molecule has 2 rings (SSSR count). The number of likely N-dealkylation sites (tertiary alicyclic amines) is 1. The molecule has 0 amide bonds. The van der Waals surface area contributed by atoms with Crippen LogP contribution < -0.4 is 0 Å². The first-order valence-electron chi connectivity index (χ1n) is 5.36. The van der Waals surface area contributed by atoms with Crippen molar-refractivity contribution in [3.05, 3.63) is 0 Å². The van der Waals surface area contributed by atoms with E-state index in [0.717, 1.165) is 13.1 Å². The summed E-state index contributed by atoms with van der Waals surface area (Å²) >= 11 is 0. The van der Waals surface area contributed by atoms with Crippen LogP contribution >= 0.6 is 0 Å². The quantitative estimate of drug-likeness (QED) is 0.728. The van der Waals surface area contributed by atoms with Gasteiger partial charge in [0.05, 0.1) is 0 Å². The van der Waals surface area contributed by atoms with Gasteiger partial charge in [0, 0.05) is 25.0 Å². The number of carboxylic acids is 1. The Hall–Kier alpha value is -0.570. The number of piperidine rings is 1. The maximum absolute atomic E-state index is 10.5. The highest BCUT2D eigenvalue weighted by molar-refractivity contribution is 5.67. The molecule has 2 atom stereocenters. The number of carbonyl (C=O) groups is 1.